The maximum Gasteiger partial charge on any atom is 0.332 e. The molecule has 9 nitrogen and oxygen atoms in total. The lowest BCUT2D eigenvalue weighted by Gasteiger charge is -2.44. The lowest BCUT2D eigenvalue weighted by molar-refractivity contribution is -0.910. The topological polar surface area (TPSA) is 167 Å². The van der Waals surface area contributed by atoms with Crippen LogP contribution in [-0.2, 0) is 9.59 Å². The lowest BCUT2D eigenvalue weighted by atomic mass is 9.70. The molecular weight excluding hydrogens is 750 g/mol. The summed E-state index contributed by atoms with van der Waals surface area (Å²) < 4.78 is 0.661. The highest BCUT2D eigenvalue weighted by Crippen LogP contribution is 2.39. The van der Waals surface area contributed by atoms with Crippen molar-refractivity contribution in [1.82, 2.24) is 0 Å². The maximum atomic E-state index is 13.8. The minimum Gasteiger partial charge on any atom is -1.00 e. The highest BCUT2D eigenvalue weighted by Gasteiger charge is 2.53. The van der Waals surface area contributed by atoms with E-state index in [9.17, 15) is 30.0 Å². The number of aliphatic carboxylic acids is 1. The van der Waals surface area contributed by atoms with Gasteiger partial charge in [-0.05, 0) is 45.1 Å². The fourth-order valence-electron chi connectivity index (χ4n) is 8.96. The highest BCUT2D eigenvalue weighted by molar-refractivity contribution is 6.07. The predicted octanol–water partition coefficient (Wildman–Crippen LogP) is 7.05. The molecule has 1 aliphatic rings. The van der Waals surface area contributed by atoms with Crippen LogP contribution >= 0.6 is 0 Å². The number of carbonyl (C=O) groups is 2. The van der Waals surface area contributed by atoms with E-state index in [0.29, 0.717) is 36.8 Å². The van der Waals surface area contributed by atoms with Gasteiger partial charge in [0.05, 0.1) is 38.8 Å². The molecule has 0 aliphatic heterocycles. The van der Waals surface area contributed by atoms with Crippen molar-refractivity contribution >= 4 is 11.8 Å². The predicted molar refractivity (Wildman–Crippen MR) is 238 cm³/mol. The monoisotopic (exact) mass is 844 g/mol. The molecule has 1 aliphatic carbocycles. The number of hydrogen-bond acceptors (Lipinski definition) is 7. The molecule has 0 saturated carbocycles. The maximum absolute atomic E-state index is 13.8. The number of aliphatic hydroxyl groups excluding tert-OH is 2. The standard InChI is InChI=1S/C48H93N3O6.ClH/c1-4-6-8-10-12-14-16-18-20-22-24-26-28-32-37-51(3,38-33-29-27-25-23-21-19-17-15-13-11-9-7-5-2)39-35-48(57)44(45(53)42(50)34-30-31-36-49)41(47(55)56)40-43(52)46(48)54;/h42-43,46,52,54,57H,4-40,49-50H2,1-3H3;1H/t42-,43?,46?,48?;/m0./s1. The number of nitrogens with zero attached hydrogens (tertiary/aromatic N) is 1. The number of unbranched alkanes of at least 4 members (excludes halogenated alkanes) is 27. The lowest BCUT2D eigenvalue weighted by Crippen LogP contribution is -3.00. The Balaban J connectivity index is 0.0000325. The summed E-state index contributed by atoms with van der Waals surface area (Å²) in [7, 11) is 2.20. The van der Waals surface area contributed by atoms with E-state index in [1.165, 1.54) is 154 Å². The van der Waals surface area contributed by atoms with E-state index in [1.54, 1.807) is 0 Å². The van der Waals surface area contributed by atoms with Crippen LogP contribution in [0.4, 0.5) is 0 Å². The van der Waals surface area contributed by atoms with Gasteiger partial charge in [-0.1, -0.05) is 174 Å². The second kappa shape index (κ2) is 35.5. The number of carboxylic acid groups (broad SMARTS) is 1. The zero-order valence-electron chi connectivity index (χ0n) is 38.0. The van der Waals surface area contributed by atoms with Crippen LogP contribution in [-0.4, -0.2) is 93.7 Å². The molecule has 0 fully saturated rings. The Hall–Kier alpha value is -1.07. The third-order valence-corrected chi connectivity index (χ3v) is 12.9. The van der Waals surface area contributed by atoms with E-state index < -0.39 is 42.0 Å². The number of ketones is 1. The van der Waals surface area contributed by atoms with E-state index in [1.807, 2.05) is 0 Å². The summed E-state index contributed by atoms with van der Waals surface area (Å²) in [5, 5.41) is 44.4. The number of aliphatic hydroxyl groups is 3. The highest BCUT2D eigenvalue weighted by atomic mass is 35.5. The molecule has 0 spiro atoms. The number of carbonyl (C=O) groups excluding carboxylic acids is 1. The van der Waals surface area contributed by atoms with Crippen molar-refractivity contribution in [3.63, 3.8) is 0 Å². The smallest absolute Gasteiger partial charge is 0.332 e. The number of Topliss-reactive ketones (excluding diaryl/α,β-unsaturated/α-hetero) is 1. The molecule has 0 saturated heterocycles. The average Bonchev–Trinajstić information content (AvgIpc) is 3.19. The Morgan fingerprint density at radius 1 is 0.638 bits per heavy atom. The summed E-state index contributed by atoms with van der Waals surface area (Å²) in [5.41, 5.74) is 9.05. The third kappa shape index (κ3) is 24.4. The minimum atomic E-state index is -2.21. The van der Waals surface area contributed by atoms with Crippen LogP contribution in [0, 0.1) is 0 Å². The molecule has 0 radical (unpaired) electrons. The summed E-state index contributed by atoms with van der Waals surface area (Å²) in [4.78, 5) is 26.2. The molecule has 3 unspecified atom stereocenters. The van der Waals surface area contributed by atoms with Crippen molar-refractivity contribution in [2.75, 3.05) is 33.2 Å². The fourth-order valence-corrected chi connectivity index (χ4v) is 8.96. The Bertz CT molecular complexity index is 1030. The third-order valence-electron chi connectivity index (χ3n) is 12.9. The van der Waals surface area contributed by atoms with Crippen LogP contribution in [0.15, 0.2) is 11.1 Å². The van der Waals surface area contributed by atoms with Crippen molar-refractivity contribution in [3.8, 4) is 0 Å². The van der Waals surface area contributed by atoms with Crippen LogP contribution in [0.5, 0.6) is 0 Å². The van der Waals surface area contributed by atoms with Gasteiger partial charge < -0.3 is 48.8 Å². The number of hydrogen-bond donors (Lipinski definition) is 6. The van der Waals surface area contributed by atoms with Crippen molar-refractivity contribution in [2.45, 2.75) is 250 Å². The molecule has 58 heavy (non-hydrogen) atoms. The quantitative estimate of drug-likeness (QED) is 0.0282. The van der Waals surface area contributed by atoms with Gasteiger partial charge in [0.25, 0.3) is 0 Å². The first kappa shape index (κ1) is 56.9. The average molecular weight is 845 g/mol. The van der Waals surface area contributed by atoms with E-state index >= 15 is 0 Å². The first-order valence-electron chi connectivity index (χ1n) is 24.4. The van der Waals surface area contributed by atoms with Gasteiger partial charge >= 0.3 is 5.97 Å². The normalized spacial score (nSPS) is 19.0. The molecule has 4 atom stereocenters. The number of quaternary nitrogens is 1. The SMILES string of the molecule is CCCCCCCCCCCCCCCC[N+](C)(CCCCCCCCCCCCCCCC)CCC1(O)C(C(=O)[C@@H](N)CCCCN)=C(C(=O)O)CC(O)C1O.[Cl-]. The summed E-state index contributed by atoms with van der Waals surface area (Å²) >= 11 is 0. The minimum absolute atomic E-state index is 0. The second-order valence-corrected chi connectivity index (χ2v) is 18.3. The molecular formula is C48H94ClN3O6. The summed E-state index contributed by atoms with van der Waals surface area (Å²) in [6, 6.07) is -1.03. The van der Waals surface area contributed by atoms with Crippen LogP contribution in [0.1, 0.15) is 226 Å². The van der Waals surface area contributed by atoms with Crippen molar-refractivity contribution in [2.24, 2.45) is 11.5 Å². The largest absolute Gasteiger partial charge is 1.00 e. The molecule has 0 aromatic carbocycles. The van der Waals surface area contributed by atoms with E-state index in [0.717, 1.165) is 38.8 Å². The van der Waals surface area contributed by atoms with E-state index in [4.69, 9.17) is 11.5 Å². The molecule has 10 heteroatoms. The van der Waals surface area contributed by atoms with Crippen LogP contribution < -0.4 is 23.9 Å². The molecule has 0 heterocycles. The van der Waals surface area contributed by atoms with E-state index in [2.05, 4.69) is 20.9 Å². The van der Waals surface area contributed by atoms with Gasteiger partial charge in [-0.2, -0.15) is 0 Å². The van der Waals surface area contributed by atoms with Gasteiger partial charge in [-0.15, -0.1) is 0 Å². The Morgan fingerprint density at radius 3 is 1.34 bits per heavy atom. The number of nitrogens with two attached hydrogens (primary N) is 2. The van der Waals surface area contributed by atoms with Gasteiger partial charge in [0.1, 0.15) is 11.7 Å². The number of carboxylic acids is 1. The first-order chi connectivity index (χ1) is 27.5. The van der Waals surface area contributed by atoms with Crippen molar-refractivity contribution < 1.29 is 46.9 Å². The van der Waals surface area contributed by atoms with Gasteiger partial charge in [-0.25, -0.2) is 4.79 Å². The summed E-state index contributed by atoms with van der Waals surface area (Å²) in [5.74, 6) is -2.04. The van der Waals surface area contributed by atoms with Crippen molar-refractivity contribution in [3.05, 3.63) is 11.1 Å². The molecule has 0 aromatic heterocycles. The fraction of sp³-hybridized carbons (Fsp3) is 0.917. The molecule has 0 bridgehead atoms. The van der Waals surface area contributed by atoms with Crippen molar-refractivity contribution in [1.29, 1.82) is 0 Å². The molecule has 0 amide bonds. The first-order valence-corrected chi connectivity index (χ1v) is 24.4. The van der Waals surface area contributed by atoms with Crippen LogP contribution in [0.2, 0.25) is 0 Å². The molecule has 344 valence electrons. The number of rotatable bonds is 40. The molecule has 1 rings (SSSR count). The van der Waals surface area contributed by atoms with Crippen LogP contribution in [0.3, 0.4) is 0 Å². The second-order valence-electron chi connectivity index (χ2n) is 18.3. The molecule has 0 aromatic rings. The Labute approximate surface area is 362 Å². The zero-order chi connectivity index (χ0) is 42.2. The number of halogens is 1. The van der Waals surface area contributed by atoms with Gasteiger partial charge in [0, 0.05) is 24.0 Å². The van der Waals surface area contributed by atoms with Gasteiger partial charge in [0.2, 0.25) is 0 Å². The Morgan fingerprint density at radius 2 is 1.00 bits per heavy atom. The van der Waals surface area contributed by atoms with Gasteiger partial charge in [0.15, 0.2) is 5.78 Å². The summed E-state index contributed by atoms with van der Waals surface area (Å²) in [6.07, 6.45) is 34.2. The zero-order valence-corrected chi connectivity index (χ0v) is 38.7. The van der Waals surface area contributed by atoms with Gasteiger partial charge in [-0.3, -0.25) is 4.79 Å². The van der Waals surface area contributed by atoms with E-state index in [-0.39, 0.29) is 30.0 Å². The molecule has 8 N–H and O–H groups in total. The summed E-state index contributed by atoms with van der Waals surface area (Å²) in [6.45, 7) is 7.24. The Kier molecular flexibility index (Phi) is 34.9. The van der Waals surface area contributed by atoms with Crippen LogP contribution in [0.25, 0.3) is 0 Å².